The smallest absolute Gasteiger partial charge is 0.393 e. The number of nitrogens with one attached hydrogen (secondary N) is 1. The number of aliphatic hydroxyl groups is 1. The molecule has 0 fully saturated rings. The van der Waals surface area contributed by atoms with Crippen LogP contribution in [0.5, 0.6) is 0 Å². The maximum atomic E-state index is 13.3. The average Bonchev–Trinajstić information content (AvgIpc) is 2.32. The first kappa shape index (κ1) is 18.4. The third-order valence-electron chi connectivity index (χ3n) is 3.06. The van der Waals surface area contributed by atoms with E-state index in [1.807, 2.05) is 0 Å². The fourth-order valence-electron chi connectivity index (χ4n) is 2.18. The molecule has 1 aromatic carbocycles. The molecule has 0 spiro atoms. The van der Waals surface area contributed by atoms with E-state index in [0.717, 1.165) is 6.07 Å². The Morgan fingerprint density at radius 1 is 1.27 bits per heavy atom. The minimum Gasteiger partial charge on any atom is -0.393 e. The molecule has 0 heterocycles. The van der Waals surface area contributed by atoms with Crippen molar-refractivity contribution in [2.45, 2.75) is 39.5 Å². The number of aliphatic hydroxyl groups excluding tert-OH is 1. The topological polar surface area (TPSA) is 49.3 Å². The molecule has 1 amide bonds. The highest BCUT2D eigenvalue weighted by Crippen LogP contribution is 2.30. The molecule has 2 N–H and O–H groups in total. The lowest BCUT2D eigenvalue weighted by Gasteiger charge is -2.26. The van der Waals surface area contributed by atoms with Crippen molar-refractivity contribution < 1.29 is 27.5 Å². The van der Waals surface area contributed by atoms with Crippen LogP contribution in [0.3, 0.4) is 0 Å². The standard InChI is InChI=1S/C15H19F4NO2/c1-9(21)7-14(2,3)8-20-13(22)10-4-11(15(17,18)19)6-12(16)5-10/h4-6,9,21H,7-8H2,1-3H3,(H,20,22). The molecule has 124 valence electrons. The van der Waals surface area contributed by atoms with Crippen molar-refractivity contribution in [2.75, 3.05) is 6.54 Å². The molecule has 0 aliphatic rings. The maximum Gasteiger partial charge on any atom is 0.416 e. The van der Waals surface area contributed by atoms with Gasteiger partial charge in [0.1, 0.15) is 5.82 Å². The van der Waals surface area contributed by atoms with Gasteiger partial charge in [0.05, 0.1) is 11.7 Å². The fourth-order valence-corrected chi connectivity index (χ4v) is 2.18. The number of carbonyl (C=O) groups excluding carboxylic acids is 1. The van der Waals surface area contributed by atoms with E-state index >= 15 is 0 Å². The monoisotopic (exact) mass is 321 g/mol. The van der Waals surface area contributed by atoms with Gasteiger partial charge in [-0.25, -0.2) is 4.39 Å². The zero-order valence-corrected chi connectivity index (χ0v) is 12.6. The molecule has 1 aromatic rings. The summed E-state index contributed by atoms with van der Waals surface area (Å²) in [6, 6.07) is 1.71. The highest BCUT2D eigenvalue weighted by Gasteiger charge is 2.32. The first-order chi connectivity index (χ1) is 9.90. The van der Waals surface area contributed by atoms with Crippen molar-refractivity contribution in [2.24, 2.45) is 5.41 Å². The van der Waals surface area contributed by atoms with E-state index in [4.69, 9.17) is 0 Å². The zero-order chi connectivity index (χ0) is 17.1. The highest BCUT2D eigenvalue weighted by atomic mass is 19.4. The first-order valence-electron chi connectivity index (χ1n) is 6.75. The number of benzene rings is 1. The molecular weight excluding hydrogens is 302 g/mol. The van der Waals surface area contributed by atoms with Crippen molar-refractivity contribution in [1.29, 1.82) is 0 Å². The summed E-state index contributed by atoms with van der Waals surface area (Å²) in [6.45, 7) is 5.35. The molecule has 3 nitrogen and oxygen atoms in total. The predicted octanol–water partition coefficient (Wildman–Crippen LogP) is 3.37. The number of halogens is 4. The van der Waals surface area contributed by atoms with Gasteiger partial charge >= 0.3 is 6.18 Å². The summed E-state index contributed by atoms with van der Waals surface area (Å²) in [4.78, 5) is 11.9. The summed E-state index contributed by atoms with van der Waals surface area (Å²) in [6.07, 6.45) is -4.88. The van der Waals surface area contributed by atoms with Gasteiger partial charge in [-0.3, -0.25) is 4.79 Å². The second-order valence-corrected chi connectivity index (χ2v) is 6.13. The van der Waals surface area contributed by atoms with Crippen molar-refractivity contribution in [1.82, 2.24) is 5.32 Å². The van der Waals surface area contributed by atoms with E-state index in [0.29, 0.717) is 18.6 Å². The van der Waals surface area contributed by atoms with Crippen LogP contribution in [0.4, 0.5) is 17.6 Å². The number of rotatable bonds is 5. The second-order valence-electron chi connectivity index (χ2n) is 6.13. The molecule has 0 aliphatic carbocycles. The lowest BCUT2D eigenvalue weighted by molar-refractivity contribution is -0.137. The van der Waals surface area contributed by atoms with Gasteiger partial charge in [-0.1, -0.05) is 13.8 Å². The molecule has 0 saturated heterocycles. The van der Waals surface area contributed by atoms with Crippen LogP contribution in [0.2, 0.25) is 0 Å². The van der Waals surface area contributed by atoms with E-state index in [1.54, 1.807) is 20.8 Å². The molecule has 1 atom stereocenters. The number of alkyl halides is 3. The first-order valence-corrected chi connectivity index (χ1v) is 6.75. The molecule has 22 heavy (non-hydrogen) atoms. The number of carbonyl (C=O) groups is 1. The Labute approximate surface area is 126 Å². The normalized spacial score (nSPS) is 13.8. The summed E-state index contributed by atoms with van der Waals surface area (Å²) < 4.78 is 51.1. The summed E-state index contributed by atoms with van der Waals surface area (Å²) in [7, 11) is 0. The minimum absolute atomic E-state index is 0.147. The van der Waals surface area contributed by atoms with Gasteiger partial charge in [-0.15, -0.1) is 0 Å². The van der Waals surface area contributed by atoms with Gasteiger partial charge in [0, 0.05) is 12.1 Å². The summed E-state index contributed by atoms with van der Waals surface area (Å²) in [5.41, 5.74) is -2.04. The van der Waals surface area contributed by atoms with Gasteiger partial charge in [0.2, 0.25) is 0 Å². The quantitative estimate of drug-likeness (QED) is 0.817. The van der Waals surface area contributed by atoms with E-state index in [1.165, 1.54) is 0 Å². The molecule has 7 heteroatoms. The molecule has 0 aromatic heterocycles. The van der Waals surface area contributed by atoms with Gasteiger partial charge in [0.15, 0.2) is 0 Å². The highest BCUT2D eigenvalue weighted by molar-refractivity contribution is 5.94. The number of amides is 1. The third-order valence-corrected chi connectivity index (χ3v) is 3.06. The van der Waals surface area contributed by atoms with E-state index in [9.17, 15) is 27.5 Å². The lowest BCUT2D eigenvalue weighted by atomic mass is 9.87. The van der Waals surface area contributed by atoms with Crippen LogP contribution in [0.25, 0.3) is 0 Å². The number of hydrogen-bond donors (Lipinski definition) is 2. The van der Waals surface area contributed by atoms with Crippen LogP contribution >= 0.6 is 0 Å². The van der Waals surface area contributed by atoms with Crippen LogP contribution in [0.1, 0.15) is 43.1 Å². The van der Waals surface area contributed by atoms with E-state index in [2.05, 4.69) is 5.32 Å². The minimum atomic E-state index is -4.72. The molecule has 1 rings (SSSR count). The number of hydrogen-bond acceptors (Lipinski definition) is 2. The van der Waals surface area contributed by atoms with E-state index < -0.39 is 35.0 Å². The third kappa shape index (κ3) is 5.63. The maximum absolute atomic E-state index is 13.3. The molecule has 0 bridgehead atoms. The van der Waals surface area contributed by atoms with Crippen molar-refractivity contribution >= 4 is 5.91 Å². The largest absolute Gasteiger partial charge is 0.416 e. The fraction of sp³-hybridized carbons (Fsp3) is 0.533. The van der Waals surface area contributed by atoms with Crippen molar-refractivity contribution in [3.8, 4) is 0 Å². The molecule has 1 unspecified atom stereocenters. The average molecular weight is 321 g/mol. The Bertz CT molecular complexity index is 539. The Morgan fingerprint density at radius 3 is 2.36 bits per heavy atom. The van der Waals surface area contributed by atoms with E-state index in [-0.39, 0.29) is 12.1 Å². The summed E-state index contributed by atoms with van der Waals surface area (Å²) in [5.74, 6) is -1.91. The van der Waals surface area contributed by atoms with Crippen molar-refractivity contribution in [3.63, 3.8) is 0 Å². The summed E-state index contributed by atoms with van der Waals surface area (Å²) >= 11 is 0. The molecule has 0 saturated carbocycles. The summed E-state index contributed by atoms with van der Waals surface area (Å²) in [5, 5.41) is 11.8. The zero-order valence-electron chi connectivity index (χ0n) is 12.6. The van der Waals surface area contributed by atoms with Crippen LogP contribution in [0.15, 0.2) is 18.2 Å². The second kappa shape index (κ2) is 6.64. The van der Waals surface area contributed by atoms with Crippen LogP contribution in [-0.4, -0.2) is 23.7 Å². The predicted molar refractivity (Wildman–Crippen MR) is 73.8 cm³/mol. The Kier molecular flexibility index (Phi) is 5.56. The SMILES string of the molecule is CC(O)CC(C)(C)CNC(=O)c1cc(F)cc(C(F)(F)F)c1. The Morgan fingerprint density at radius 2 is 1.86 bits per heavy atom. The lowest BCUT2D eigenvalue weighted by Crippen LogP contribution is -2.35. The van der Waals surface area contributed by atoms with Crippen LogP contribution in [-0.2, 0) is 6.18 Å². The Balaban J connectivity index is 2.84. The van der Waals surface area contributed by atoms with Crippen molar-refractivity contribution in [3.05, 3.63) is 35.1 Å². The van der Waals surface area contributed by atoms with Gasteiger partial charge < -0.3 is 10.4 Å². The molecular formula is C15H19F4NO2. The van der Waals surface area contributed by atoms with Crippen LogP contribution < -0.4 is 5.32 Å². The molecule has 0 aliphatic heterocycles. The van der Waals surface area contributed by atoms with Crippen LogP contribution in [0, 0.1) is 11.2 Å². The van der Waals surface area contributed by atoms with Gasteiger partial charge in [-0.05, 0) is 37.0 Å². The van der Waals surface area contributed by atoms with Gasteiger partial charge in [0.25, 0.3) is 5.91 Å². The van der Waals surface area contributed by atoms with Gasteiger partial charge in [-0.2, -0.15) is 13.2 Å². The molecule has 0 radical (unpaired) electrons. The Hall–Kier alpha value is -1.63.